The molecule has 0 N–H and O–H groups in total. The summed E-state index contributed by atoms with van der Waals surface area (Å²) in [6, 6.07) is 17.8. The highest BCUT2D eigenvalue weighted by atomic mass is 19.3. The third-order valence-electron chi connectivity index (χ3n) is 7.24. The van der Waals surface area contributed by atoms with Crippen molar-refractivity contribution in [2.75, 3.05) is 13.2 Å². The first-order chi connectivity index (χ1) is 18.5. The largest absolute Gasteiger partial charge is 0.341 e. The van der Waals surface area contributed by atoms with E-state index in [4.69, 9.17) is 9.47 Å². The van der Waals surface area contributed by atoms with Gasteiger partial charge in [0.15, 0.2) is 0 Å². The van der Waals surface area contributed by atoms with Crippen LogP contribution in [0.4, 0.5) is 8.78 Å². The third kappa shape index (κ3) is 8.88. The fourth-order valence-corrected chi connectivity index (χ4v) is 4.86. The van der Waals surface area contributed by atoms with E-state index in [0.717, 1.165) is 61.3 Å². The summed E-state index contributed by atoms with van der Waals surface area (Å²) in [4.78, 5) is 0. The van der Waals surface area contributed by atoms with E-state index in [9.17, 15) is 0 Å². The van der Waals surface area contributed by atoms with Crippen molar-refractivity contribution >= 4 is 5.57 Å². The highest BCUT2D eigenvalue weighted by Crippen LogP contribution is 2.42. The summed E-state index contributed by atoms with van der Waals surface area (Å²) in [5.74, 6) is -5.33. The number of hydrogen-bond donors (Lipinski definition) is 0. The Morgan fingerprint density at radius 1 is 0.579 bits per heavy atom. The minimum atomic E-state index is -3.28. The van der Waals surface area contributed by atoms with Gasteiger partial charge in [0, 0.05) is 0 Å². The Balaban J connectivity index is 1.66. The van der Waals surface area contributed by atoms with Crippen LogP contribution in [0.25, 0.3) is 16.7 Å². The van der Waals surface area contributed by atoms with E-state index in [1.807, 2.05) is 54.6 Å². The summed E-state index contributed by atoms with van der Waals surface area (Å²) >= 11 is 0. The molecule has 0 unspecified atom stereocenters. The number of halogens is 2. The summed E-state index contributed by atoms with van der Waals surface area (Å²) in [6.45, 7) is 4.89. The number of rotatable bonds is 18. The molecule has 0 spiro atoms. The minimum Gasteiger partial charge on any atom is -0.341 e. The van der Waals surface area contributed by atoms with Crippen molar-refractivity contribution in [1.29, 1.82) is 0 Å². The van der Waals surface area contributed by atoms with Crippen molar-refractivity contribution in [3.63, 3.8) is 0 Å². The van der Waals surface area contributed by atoms with Crippen LogP contribution in [0.3, 0.4) is 0 Å². The van der Waals surface area contributed by atoms with Crippen LogP contribution in [0.15, 0.2) is 72.8 Å². The van der Waals surface area contributed by atoms with E-state index in [1.54, 1.807) is 6.08 Å². The van der Waals surface area contributed by atoms with Crippen LogP contribution < -0.4 is 0 Å². The minimum absolute atomic E-state index is 0.261. The van der Waals surface area contributed by atoms with Gasteiger partial charge in [-0.15, -0.1) is 0 Å². The van der Waals surface area contributed by atoms with Crippen molar-refractivity contribution in [3.8, 4) is 11.1 Å². The molecule has 38 heavy (non-hydrogen) atoms. The number of benzene rings is 2. The molecule has 4 heteroatoms. The van der Waals surface area contributed by atoms with Gasteiger partial charge in [-0.2, -0.15) is 8.78 Å². The Morgan fingerprint density at radius 2 is 1.05 bits per heavy atom. The first-order valence-electron chi connectivity index (χ1n) is 14.7. The van der Waals surface area contributed by atoms with Gasteiger partial charge in [0.05, 0.1) is 13.2 Å². The fraction of sp³-hybridized carbons (Fsp3) is 0.529. The zero-order chi connectivity index (χ0) is 27.1. The van der Waals surface area contributed by atoms with Gasteiger partial charge in [-0.3, -0.25) is 0 Å². The van der Waals surface area contributed by atoms with Crippen LogP contribution in [0.2, 0.25) is 0 Å². The fourth-order valence-electron chi connectivity index (χ4n) is 4.86. The summed E-state index contributed by atoms with van der Waals surface area (Å²) in [6.07, 6.45) is 17.1. The molecule has 0 aromatic heterocycles. The highest BCUT2D eigenvalue weighted by molar-refractivity contribution is 5.78. The summed E-state index contributed by atoms with van der Waals surface area (Å²) in [5.41, 5.74) is 3.39. The summed E-state index contributed by atoms with van der Waals surface area (Å²) in [7, 11) is 0. The van der Waals surface area contributed by atoms with Gasteiger partial charge in [0.25, 0.3) is 5.79 Å². The summed E-state index contributed by atoms with van der Waals surface area (Å²) < 4.78 is 43.3. The number of hydrogen-bond acceptors (Lipinski definition) is 2. The topological polar surface area (TPSA) is 18.5 Å². The Kier molecular flexibility index (Phi) is 12.7. The van der Waals surface area contributed by atoms with Crippen LogP contribution in [0.1, 0.15) is 96.5 Å². The van der Waals surface area contributed by atoms with Crippen molar-refractivity contribution < 1.29 is 18.3 Å². The third-order valence-corrected chi connectivity index (χ3v) is 7.24. The standard InChI is InChI=1S/C34H46F2O2/c1-3-5-7-9-11-16-26-37-34(38-27-17-12-10-8-6-4-2)25-24-32(28-33(34,35)36)31-22-20-30(21-23-31)29-18-14-13-15-19-29/h13-15,18-25,28H,3-12,16-17,26-27H2,1-2H3. The van der Waals surface area contributed by atoms with E-state index in [-0.39, 0.29) is 13.2 Å². The Hall–Kier alpha value is -2.30. The maximum absolute atomic E-state index is 15.8. The van der Waals surface area contributed by atoms with E-state index < -0.39 is 11.7 Å². The van der Waals surface area contributed by atoms with E-state index in [0.29, 0.717) is 5.57 Å². The molecule has 0 saturated carbocycles. The Morgan fingerprint density at radius 3 is 1.58 bits per heavy atom. The molecular formula is C34H46F2O2. The molecule has 0 aliphatic heterocycles. The van der Waals surface area contributed by atoms with Gasteiger partial charge in [-0.1, -0.05) is 139 Å². The van der Waals surface area contributed by atoms with Crippen LogP contribution in [-0.2, 0) is 9.47 Å². The van der Waals surface area contributed by atoms with Crippen LogP contribution >= 0.6 is 0 Å². The van der Waals surface area contributed by atoms with Gasteiger partial charge in [0.2, 0.25) is 0 Å². The molecule has 0 bridgehead atoms. The molecule has 2 nitrogen and oxygen atoms in total. The molecule has 2 aromatic carbocycles. The van der Waals surface area contributed by atoms with E-state index in [1.165, 1.54) is 44.6 Å². The highest BCUT2D eigenvalue weighted by Gasteiger charge is 2.55. The van der Waals surface area contributed by atoms with E-state index in [2.05, 4.69) is 13.8 Å². The van der Waals surface area contributed by atoms with Crippen molar-refractivity contribution in [3.05, 3.63) is 78.4 Å². The molecule has 0 heterocycles. The second-order valence-electron chi connectivity index (χ2n) is 10.4. The number of allylic oxidation sites excluding steroid dienone is 2. The van der Waals surface area contributed by atoms with Gasteiger partial charge in [-0.05, 0) is 47.3 Å². The predicted octanol–water partition coefficient (Wildman–Crippen LogP) is 10.4. The average Bonchev–Trinajstić information content (AvgIpc) is 2.94. The molecule has 3 rings (SSSR count). The van der Waals surface area contributed by atoms with Crippen LogP contribution in [0, 0.1) is 0 Å². The molecule has 0 saturated heterocycles. The zero-order valence-corrected chi connectivity index (χ0v) is 23.4. The normalized spacial score (nSPS) is 15.9. The Bertz CT molecular complexity index is 961. The quantitative estimate of drug-likeness (QED) is 0.143. The molecule has 2 aromatic rings. The van der Waals surface area contributed by atoms with Gasteiger partial charge in [0.1, 0.15) is 0 Å². The second-order valence-corrected chi connectivity index (χ2v) is 10.4. The van der Waals surface area contributed by atoms with Crippen molar-refractivity contribution in [2.45, 2.75) is 103 Å². The van der Waals surface area contributed by atoms with Gasteiger partial charge < -0.3 is 9.47 Å². The molecule has 0 amide bonds. The number of alkyl halides is 2. The smallest absolute Gasteiger partial charge is 0.324 e. The first kappa shape index (κ1) is 30.2. The average molecular weight is 525 g/mol. The van der Waals surface area contributed by atoms with Gasteiger partial charge in [-0.25, -0.2) is 0 Å². The summed E-state index contributed by atoms with van der Waals surface area (Å²) in [5, 5.41) is 0. The molecule has 0 radical (unpaired) electrons. The first-order valence-corrected chi connectivity index (χ1v) is 14.7. The van der Waals surface area contributed by atoms with Crippen LogP contribution in [-0.4, -0.2) is 24.9 Å². The monoisotopic (exact) mass is 524 g/mol. The van der Waals surface area contributed by atoms with Gasteiger partial charge >= 0.3 is 5.92 Å². The maximum Gasteiger partial charge on any atom is 0.324 e. The lowest BCUT2D eigenvalue weighted by Gasteiger charge is -2.38. The molecule has 1 aliphatic carbocycles. The molecule has 1 aliphatic rings. The molecule has 0 fully saturated rings. The second kappa shape index (κ2) is 16.0. The Labute approximate surface area is 229 Å². The SMILES string of the molecule is CCCCCCCCOC1(OCCCCCCCC)C=CC(c2ccc(-c3ccccc3)cc2)=CC1(F)F. The number of unbranched alkanes of at least 4 members (excludes halogenated alkanes) is 10. The predicted molar refractivity (Wildman–Crippen MR) is 155 cm³/mol. The lowest BCUT2D eigenvalue weighted by atomic mass is 9.92. The molecule has 208 valence electrons. The van der Waals surface area contributed by atoms with E-state index >= 15 is 8.78 Å². The molecular weight excluding hydrogens is 478 g/mol. The molecule has 0 atom stereocenters. The lowest BCUT2D eigenvalue weighted by Crippen LogP contribution is -2.51. The van der Waals surface area contributed by atoms with Crippen molar-refractivity contribution in [1.82, 2.24) is 0 Å². The number of ether oxygens (including phenoxy) is 2. The van der Waals surface area contributed by atoms with Crippen molar-refractivity contribution in [2.24, 2.45) is 0 Å². The zero-order valence-electron chi connectivity index (χ0n) is 23.4. The maximum atomic E-state index is 15.8. The van der Waals surface area contributed by atoms with Crippen LogP contribution in [0.5, 0.6) is 0 Å². The lowest BCUT2D eigenvalue weighted by molar-refractivity contribution is -0.295.